The van der Waals surface area contributed by atoms with Crippen LogP contribution >= 0.6 is 0 Å². The number of ketones is 1. The van der Waals surface area contributed by atoms with Gasteiger partial charge in [0, 0.05) is 12.1 Å². The molecule has 4 rings (SSSR count). The van der Waals surface area contributed by atoms with E-state index in [-0.39, 0.29) is 17.9 Å². The van der Waals surface area contributed by atoms with Gasteiger partial charge in [-0.15, -0.1) is 0 Å². The third-order valence-corrected chi connectivity index (χ3v) is 6.19. The lowest BCUT2D eigenvalue weighted by Gasteiger charge is -2.25. The van der Waals surface area contributed by atoms with Crippen LogP contribution in [-0.4, -0.2) is 35.4 Å². The Morgan fingerprint density at radius 2 is 1.66 bits per heavy atom. The summed E-state index contributed by atoms with van der Waals surface area (Å²) in [6.45, 7) is 6.52. The first-order valence-electron chi connectivity index (χ1n) is 11.6. The van der Waals surface area contributed by atoms with E-state index in [1.807, 2.05) is 57.2 Å². The molecule has 1 amide bonds. The van der Waals surface area contributed by atoms with Crippen LogP contribution in [0.2, 0.25) is 0 Å². The number of ether oxygens (including phenoxy) is 2. The zero-order valence-corrected chi connectivity index (χ0v) is 20.4. The quantitative estimate of drug-likeness (QED) is 0.286. The van der Waals surface area contributed by atoms with Gasteiger partial charge in [0.15, 0.2) is 0 Å². The molecule has 0 radical (unpaired) electrons. The summed E-state index contributed by atoms with van der Waals surface area (Å²) in [7, 11) is 1.58. The summed E-state index contributed by atoms with van der Waals surface area (Å²) >= 11 is 0. The molecular formula is C29H29NO5. The molecule has 180 valence electrons. The number of carbonyl (C=O) groups excluding carboxylic acids is 2. The van der Waals surface area contributed by atoms with Crippen LogP contribution in [0.15, 0.2) is 72.3 Å². The summed E-state index contributed by atoms with van der Waals surface area (Å²) in [5.74, 6) is -0.193. The maximum absolute atomic E-state index is 13.3. The normalized spacial score (nSPS) is 17.0. The van der Waals surface area contributed by atoms with Crippen molar-refractivity contribution in [2.24, 2.45) is 0 Å². The lowest BCUT2D eigenvalue weighted by Crippen LogP contribution is -2.29. The number of methoxy groups -OCH3 is 1. The van der Waals surface area contributed by atoms with Crippen molar-refractivity contribution in [3.8, 4) is 11.5 Å². The zero-order valence-electron chi connectivity index (χ0n) is 20.4. The number of amides is 1. The summed E-state index contributed by atoms with van der Waals surface area (Å²) in [5, 5.41) is 11.3. The number of hydrogen-bond donors (Lipinski definition) is 1. The molecule has 1 aliphatic rings. The summed E-state index contributed by atoms with van der Waals surface area (Å²) < 4.78 is 10.9. The van der Waals surface area contributed by atoms with Crippen molar-refractivity contribution in [3.05, 3.63) is 100 Å². The maximum atomic E-state index is 13.3. The molecule has 3 aromatic rings. The van der Waals surface area contributed by atoms with Crippen LogP contribution in [0.3, 0.4) is 0 Å². The number of Topliss-reactive ketones (excluding diaryl/α,β-unsaturated/α-hetero) is 1. The van der Waals surface area contributed by atoms with Gasteiger partial charge in [0.05, 0.1) is 25.3 Å². The first-order valence-corrected chi connectivity index (χ1v) is 11.6. The Morgan fingerprint density at radius 1 is 0.971 bits per heavy atom. The first kappa shape index (κ1) is 24.1. The third kappa shape index (κ3) is 4.78. The van der Waals surface area contributed by atoms with Gasteiger partial charge >= 0.3 is 0 Å². The Kier molecular flexibility index (Phi) is 6.92. The molecule has 1 heterocycles. The van der Waals surface area contributed by atoms with Crippen LogP contribution in [-0.2, 0) is 16.1 Å². The van der Waals surface area contributed by atoms with Crippen LogP contribution < -0.4 is 9.47 Å². The number of carbonyl (C=O) groups is 2. The minimum absolute atomic E-state index is 0.0656. The molecule has 0 spiro atoms. The smallest absolute Gasteiger partial charge is 0.295 e. The second-order valence-corrected chi connectivity index (χ2v) is 8.60. The maximum Gasteiger partial charge on any atom is 0.295 e. The molecule has 0 aliphatic carbocycles. The van der Waals surface area contributed by atoms with E-state index in [1.54, 1.807) is 37.4 Å². The average molecular weight is 472 g/mol. The fraction of sp³-hybridized carbons (Fsp3) is 0.241. The Balaban J connectivity index is 1.83. The van der Waals surface area contributed by atoms with Gasteiger partial charge in [-0.1, -0.05) is 42.0 Å². The molecule has 1 fully saturated rings. The largest absolute Gasteiger partial charge is 0.507 e. The fourth-order valence-electron chi connectivity index (χ4n) is 4.34. The van der Waals surface area contributed by atoms with Gasteiger partial charge in [-0.25, -0.2) is 0 Å². The number of aliphatic hydroxyl groups is 1. The second kappa shape index (κ2) is 10.1. The van der Waals surface area contributed by atoms with Gasteiger partial charge in [0.25, 0.3) is 11.7 Å². The Hall–Kier alpha value is -4.06. The monoisotopic (exact) mass is 471 g/mol. The molecule has 1 aliphatic heterocycles. The summed E-state index contributed by atoms with van der Waals surface area (Å²) in [6.07, 6.45) is 0. The average Bonchev–Trinajstić information content (AvgIpc) is 3.11. The van der Waals surface area contributed by atoms with E-state index in [2.05, 4.69) is 0 Å². The molecular weight excluding hydrogens is 442 g/mol. The molecule has 0 saturated carbocycles. The number of likely N-dealkylation sites (tertiary alicyclic amines) is 1. The van der Waals surface area contributed by atoms with E-state index >= 15 is 0 Å². The highest BCUT2D eigenvalue weighted by atomic mass is 16.5. The standard InChI is InChI=1S/C29H29NO5/c1-5-35-24-15-12-22(16-19(24)3)27(31)25-26(21-10-13-23(34-4)14-11-21)30(29(33)28(25)32)17-20-8-6-18(2)7-9-20/h6-16,26,31H,5,17H2,1-4H3. The highest BCUT2D eigenvalue weighted by Gasteiger charge is 2.46. The molecule has 1 saturated heterocycles. The summed E-state index contributed by atoms with van der Waals surface area (Å²) in [4.78, 5) is 28.0. The molecule has 1 unspecified atom stereocenters. The van der Waals surface area contributed by atoms with Gasteiger partial charge in [-0.2, -0.15) is 0 Å². The van der Waals surface area contributed by atoms with Crippen LogP contribution in [0.5, 0.6) is 11.5 Å². The van der Waals surface area contributed by atoms with Crippen molar-refractivity contribution in [2.45, 2.75) is 33.4 Å². The molecule has 3 aromatic carbocycles. The molecule has 0 bridgehead atoms. The van der Waals surface area contributed by atoms with Gasteiger partial charge < -0.3 is 19.5 Å². The summed E-state index contributed by atoms with van der Waals surface area (Å²) in [5.41, 5.74) is 4.06. The third-order valence-electron chi connectivity index (χ3n) is 6.19. The van der Waals surface area contributed by atoms with Gasteiger partial charge in [0.1, 0.15) is 17.3 Å². The lowest BCUT2D eigenvalue weighted by molar-refractivity contribution is -0.140. The van der Waals surface area contributed by atoms with Crippen molar-refractivity contribution < 1.29 is 24.2 Å². The number of hydrogen-bond acceptors (Lipinski definition) is 5. The second-order valence-electron chi connectivity index (χ2n) is 8.60. The SMILES string of the molecule is CCOc1ccc(C(O)=C2C(=O)C(=O)N(Cc3ccc(C)cc3)C2c2ccc(OC)cc2)cc1C. The van der Waals surface area contributed by atoms with E-state index in [4.69, 9.17) is 9.47 Å². The van der Waals surface area contributed by atoms with Gasteiger partial charge in [-0.05, 0) is 67.8 Å². The predicted octanol–water partition coefficient (Wildman–Crippen LogP) is 5.33. The minimum Gasteiger partial charge on any atom is -0.507 e. The van der Waals surface area contributed by atoms with Crippen molar-refractivity contribution in [1.82, 2.24) is 4.90 Å². The van der Waals surface area contributed by atoms with Gasteiger partial charge in [0.2, 0.25) is 0 Å². The number of aliphatic hydroxyl groups excluding tert-OH is 1. The lowest BCUT2D eigenvalue weighted by atomic mass is 9.94. The Bertz CT molecular complexity index is 1280. The van der Waals surface area contributed by atoms with E-state index in [0.29, 0.717) is 29.2 Å². The number of aryl methyl sites for hydroxylation is 2. The number of nitrogens with zero attached hydrogens (tertiary/aromatic N) is 1. The van der Waals surface area contributed by atoms with Crippen LogP contribution in [0, 0.1) is 13.8 Å². The molecule has 6 nitrogen and oxygen atoms in total. The van der Waals surface area contributed by atoms with Crippen LogP contribution in [0.1, 0.15) is 40.8 Å². The topological polar surface area (TPSA) is 76.1 Å². The van der Waals surface area contributed by atoms with Crippen molar-refractivity contribution >= 4 is 17.4 Å². The fourth-order valence-corrected chi connectivity index (χ4v) is 4.34. The molecule has 1 N–H and O–H groups in total. The van der Waals surface area contributed by atoms with Crippen molar-refractivity contribution in [1.29, 1.82) is 0 Å². The zero-order chi connectivity index (χ0) is 25.1. The van der Waals surface area contributed by atoms with Crippen molar-refractivity contribution in [3.63, 3.8) is 0 Å². The van der Waals surface area contributed by atoms with Crippen LogP contribution in [0.4, 0.5) is 0 Å². The number of rotatable bonds is 7. The molecule has 1 atom stereocenters. The predicted molar refractivity (Wildman–Crippen MR) is 134 cm³/mol. The molecule has 0 aromatic heterocycles. The molecule has 6 heteroatoms. The highest BCUT2D eigenvalue weighted by molar-refractivity contribution is 6.46. The van der Waals surface area contributed by atoms with Crippen molar-refractivity contribution in [2.75, 3.05) is 13.7 Å². The Labute approximate surface area is 205 Å². The van der Waals surface area contributed by atoms with E-state index < -0.39 is 17.7 Å². The van der Waals surface area contributed by atoms with E-state index in [9.17, 15) is 14.7 Å². The van der Waals surface area contributed by atoms with E-state index in [1.165, 1.54) is 4.90 Å². The Morgan fingerprint density at radius 3 is 2.26 bits per heavy atom. The molecule has 35 heavy (non-hydrogen) atoms. The number of benzene rings is 3. The highest BCUT2D eigenvalue weighted by Crippen LogP contribution is 2.41. The summed E-state index contributed by atoms with van der Waals surface area (Å²) in [6, 6.07) is 19.5. The van der Waals surface area contributed by atoms with Gasteiger partial charge in [-0.3, -0.25) is 9.59 Å². The van der Waals surface area contributed by atoms with Crippen LogP contribution in [0.25, 0.3) is 5.76 Å². The van der Waals surface area contributed by atoms with E-state index in [0.717, 1.165) is 16.7 Å². The minimum atomic E-state index is -0.742. The first-order chi connectivity index (χ1) is 16.8.